The SMILES string of the molecule is CC1(C)CCC(C)(C)c2cc3c(cc21)-c1cc2c(cc1[CH]3[Zr+2])C(C)(C)CCC2(C)C.[Cl-].[Cl-]. The summed E-state index contributed by atoms with van der Waals surface area (Å²) in [6, 6.07) is 10.5. The Morgan fingerprint density at radius 2 is 0.781 bits per heavy atom. The van der Waals surface area contributed by atoms with Gasteiger partial charge >= 0.3 is 200 Å². The molecule has 0 saturated carbocycles. The molecule has 5 rings (SSSR count). The van der Waals surface area contributed by atoms with E-state index < -0.39 is 0 Å². The molecule has 0 fully saturated rings. The number of halogens is 2. The van der Waals surface area contributed by atoms with E-state index >= 15 is 0 Å². The minimum absolute atomic E-state index is 0. The van der Waals surface area contributed by atoms with Gasteiger partial charge in [-0.05, 0) is 0 Å². The van der Waals surface area contributed by atoms with E-state index in [1.165, 1.54) is 25.7 Å². The Balaban J connectivity index is 0.00000144. The third-order valence-corrected chi connectivity index (χ3v) is 10.5. The molecule has 0 aromatic heterocycles. The molecule has 3 heteroatoms. The van der Waals surface area contributed by atoms with Gasteiger partial charge in [-0.2, -0.15) is 0 Å². The van der Waals surface area contributed by atoms with Crippen molar-refractivity contribution in [2.45, 2.75) is 106 Å². The second kappa shape index (κ2) is 7.96. The van der Waals surface area contributed by atoms with Gasteiger partial charge in [-0.1, -0.05) is 0 Å². The third-order valence-electron chi connectivity index (χ3n) is 8.96. The largest absolute Gasteiger partial charge is 1.00 e. The minimum Gasteiger partial charge on any atom is -1.00 e. The molecule has 3 aliphatic carbocycles. The third kappa shape index (κ3) is 3.72. The van der Waals surface area contributed by atoms with Crippen molar-refractivity contribution in [1.82, 2.24) is 0 Å². The molecule has 0 unspecified atom stereocenters. The summed E-state index contributed by atoms with van der Waals surface area (Å²) in [6.07, 6.45) is 5.14. The van der Waals surface area contributed by atoms with Gasteiger partial charge in [-0.15, -0.1) is 0 Å². The van der Waals surface area contributed by atoms with Crippen LogP contribution in [-0.4, -0.2) is 0 Å². The van der Waals surface area contributed by atoms with E-state index in [9.17, 15) is 0 Å². The molecule has 0 amide bonds. The number of fused-ring (bicyclic) bond motifs is 5. The standard InChI is InChI=1S/C29H37.2ClH.Zr/c1-26(2)9-11-28(5,6)24-16-20-18(14-22(24)26)13-19-15-23-25(17-21(19)20)29(7,8)12-10-27(23,3)4;;;/h13-17H,9-12H2,1-8H3;2*1H;/q;;;+2/p-2. The first-order valence-electron chi connectivity index (χ1n) is 11.8. The number of benzene rings is 2. The van der Waals surface area contributed by atoms with Gasteiger partial charge in [-0.3, -0.25) is 0 Å². The monoisotopic (exact) mass is 545 g/mol. The molecule has 0 nitrogen and oxygen atoms in total. The van der Waals surface area contributed by atoms with E-state index in [1.54, 1.807) is 69.2 Å². The zero-order chi connectivity index (χ0) is 21.9. The molecule has 0 saturated heterocycles. The second-order valence-corrected chi connectivity index (χ2v) is 14.4. The van der Waals surface area contributed by atoms with E-state index in [2.05, 4.69) is 79.7 Å². The summed E-state index contributed by atoms with van der Waals surface area (Å²) in [5.41, 5.74) is 13.8. The maximum Gasteiger partial charge on any atom is -1.00 e. The molecule has 171 valence electrons. The van der Waals surface area contributed by atoms with Crippen LogP contribution in [-0.2, 0) is 46.4 Å². The van der Waals surface area contributed by atoms with Gasteiger partial charge in [0, 0.05) is 0 Å². The van der Waals surface area contributed by atoms with Crippen LogP contribution in [0.2, 0.25) is 0 Å². The zero-order valence-corrected chi connectivity index (χ0v) is 24.9. The molecular weight excluding hydrogens is 510 g/mol. The van der Waals surface area contributed by atoms with Gasteiger partial charge in [0.25, 0.3) is 0 Å². The Morgan fingerprint density at radius 1 is 0.531 bits per heavy atom. The van der Waals surface area contributed by atoms with Crippen LogP contribution in [0.5, 0.6) is 0 Å². The number of hydrogen-bond donors (Lipinski definition) is 0. The van der Waals surface area contributed by atoms with Crippen LogP contribution in [0, 0.1) is 0 Å². The van der Waals surface area contributed by atoms with Crippen molar-refractivity contribution in [1.29, 1.82) is 0 Å². The van der Waals surface area contributed by atoms with E-state index in [0.29, 0.717) is 3.63 Å². The Hall–Kier alpha value is -0.0969. The van der Waals surface area contributed by atoms with Gasteiger partial charge in [0.1, 0.15) is 0 Å². The molecule has 0 aliphatic heterocycles. The first-order chi connectivity index (χ1) is 13.7. The van der Waals surface area contributed by atoms with Gasteiger partial charge in [0.05, 0.1) is 0 Å². The van der Waals surface area contributed by atoms with Gasteiger partial charge in [0.15, 0.2) is 0 Å². The molecule has 2 aromatic carbocycles. The molecule has 0 bridgehead atoms. The molecule has 32 heavy (non-hydrogen) atoms. The van der Waals surface area contributed by atoms with E-state index in [-0.39, 0.29) is 46.5 Å². The van der Waals surface area contributed by atoms with E-state index in [4.69, 9.17) is 0 Å². The average molecular weight is 548 g/mol. The minimum atomic E-state index is 0. The molecule has 0 radical (unpaired) electrons. The first-order valence-corrected chi connectivity index (χ1v) is 13.3. The summed E-state index contributed by atoms with van der Waals surface area (Å²) in [6.45, 7) is 19.6. The van der Waals surface area contributed by atoms with Crippen LogP contribution < -0.4 is 24.8 Å². The van der Waals surface area contributed by atoms with E-state index in [1.807, 2.05) is 0 Å². The van der Waals surface area contributed by atoms with Crippen LogP contribution in [0.25, 0.3) is 11.1 Å². The number of rotatable bonds is 0. The topological polar surface area (TPSA) is 0 Å². The maximum absolute atomic E-state index is 2.63. The molecule has 2 aromatic rings. The smallest absolute Gasteiger partial charge is 1.00 e. The van der Waals surface area contributed by atoms with Crippen LogP contribution in [0.4, 0.5) is 0 Å². The Morgan fingerprint density at radius 3 is 1.06 bits per heavy atom. The summed E-state index contributed by atoms with van der Waals surface area (Å²) in [5.74, 6) is 0. The van der Waals surface area contributed by atoms with Crippen molar-refractivity contribution < 1.29 is 49.5 Å². The van der Waals surface area contributed by atoms with Crippen molar-refractivity contribution >= 4 is 0 Å². The summed E-state index contributed by atoms with van der Waals surface area (Å²) >= 11 is 1.63. The van der Waals surface area contributed by atoms with Crippen molar-refractivity contribution in [3.63, 3.8) is 0 Å². The van der Waals surface area contributed by atoms with Gasteiger partial charge < -0.3 is 24.8 Å². The molecule has 0 atom stereocenters. The van der Waals surface area contributed by atoms with Crippen LogP contribution in [0.1, 0.15) is 118 Å². The maximum atomic E-state index is 2.63. The number of hydrogen-bond acceptors (Lipinski definition) is 0. The molecule has 0 N–H and O–H groups in total. The Kier molecular flexibility index (Phi) is 6.60. The molecular formula is C29H37Cl2Zr. The first kappa shape index (κ1) is 26.5. The molecule has 0 spiro atoms. The van der Waals surface area contributed by atoms with Gasteiger partial charge in [-0.25, -0.2) is 0 Å². The van der Waals surface area contributed by atoms with Crippen LogP contribution in [0.3, 0.4) is 0 Å². The predicted molar refractivity (Wildman–Crippen MR) is 124 cm³/mol. The fourth-order valence-corrected chi connectivity index (χ4v) is 7.55. The van der Waals surface area contributed by atoms with Crippen LogP contribution >= 0.6 is 0 Å². The summed E-state index contributed by atoms with van der Waals surface area (Å²) in [7, 11) is 0. The quantitative estimate of drug-likeness (QED) is 0.474. The zero-order valence-electron chi connectivity index (χ0n) is 21.0. The molecule has 0 heterocycles. The Bertz CT molecular complexity index is 990. The van der Waals surface area contributed by atoms with Crippen molar-refractivity contribution in [2.75, 3.05) is 0 Å². The second-order valence-electron chi connectivity index (χ2n) is 12.9. The normalized spacial score (nSPS) is 23.1. The van der Waals surface area contributed by atoms with Crippen molar-refractivity contribution in [3.05, 3.63) is 57.6 Å². The average Bonchev–Trinajstić information content (AvgIpc) is 2.93. The fraction of sp³-hybridized carbons (Fsp3) is 0.586. The fourth-order valence-electron chi connectivity index (χ4n) is 6.37. The van der Waals surface area contributed by atoms with Gasteiger partial charge in [0.2, 0.25) is 0 Å². The summed E-state index contributed by atoms with van der Waals surface area (Å²) in [5, 5.41) is 0. The predicted octanol–water partition coefficient (Wildman–Crippen LogP) is 2.01. The summed E-state index contributed by atoms with van der Waals surface area (Å²) < 4.78 is 0.583. The van der Waals surface area contributed by atoms with Crippen molar-refractivity contribution in [2.24, 2.45) is 0 Å². The van der Waals surface area contributed by atoms with Crippen molar-refractivity contribution in [3.8, 4) is 11.1 Å². The van der Waals surface area contributed by atoms with Crippen LogP contribution in [0.15, 0.2) is 24.3 Å². The molecule has 3 aliphatic rings. The van der Waals surface area contributed by atoms with E-state index in [0.717, 1.165) is 0 Å². The Labute approximate surface area is 223 Å². The summed E-state index contributed by atoms with van der Waals surface area (Å²) in [4.78, 5) is 0.